The molecule has 1 amide bonds. The van der Waals surface area contributed by atoms with Crippen molar-refractivity contribution >= 4 is 40.8 Å². The van der Waals surface area contributed by atoms with E-state index < -0.39 is 18.5 Å². The summed E-state index contributed by atoms with van der Waals surface area (Å²) < 4.78 is 6.64. The molecule has 0 fully saturated rings. The molecule has 6 nitrogen and oxygen atoms in total. The van der Waals surface area contributed by atoms with Crippen LogP contribution in [0.4, 0.5) is 5.69 Å². The number of carbonyl (C=O) groups excluding carboxylic acids is 2. The Morgan fingerprint density at radius 3 is 2.53 bits per heavy atom. The molecule has 0 atom stereocenters. The van der Waals surface area contributed by atoms with E-state index >= 15 is 0 Å². The molecule has 30 heavy (non-hydrogen) atoms. The molecule has 1 heterocycles. The molecule has 156 valence electrons. The summed E-state index contributed by atoms with van der Waals surface area (Å²) >= 11 is 12.6. The summed E-state index contributed by atoms with van der Waals surface area (Å²) in [6.45, 7) is 5.39. The van der Waals surface area contributed by atoms with Crippen molar-refractivity contribution in [3.05, 3.63) is 80.6 Å². The second-order valence-corrected chi connectivity index (χ2v) is 7.64. The van der Waals surface area contributed by atoms with Crippen molar-refractivity contribution in [2.24, 2.45) is 0 Å². The lowest BCUT2D eigenvalue weighted by Crippen LogP contribution is -2.21. The van der Waals surface area contributed by atoms with E-state index in [-0.39, 0.29) is 10.7 Å². The molecule has 0 unspecified atom stereocenters. The van der Waals surface area contributed by atoms with Gasteiger partial charge in [-0.1, -0.05) is 53.5 Å². The van der Waals surface area contributed by atoms with E-state index in [9.17, 15) is 9.59 Å². The standard InChI is InChI=1S/C22H21Cl2N3O3/c1-13-7-6-10-18(14(13)2)25-19(28)12-30-22(29)20-15(3)26-27(21(20)24)11-16-8-4-5-9-17(16)23/h4-10H,11-12H2,1-3H3,(H,25,28). The van der Waals surface area contributed by atoms with Crippen molar-refractivity contribution < 1.29 is 14.3 Å². The Morgan fingerprint density at radius 1 is 1.07 bits per heavy atom. The maximum atomic E-state index is 12.5. The minimum Gasteiger partial charge on any atom is -0.452 e. The molecule has 1 aromatic heterocycles. The van der Waals surface area contributed by atoms with Crippen LogP contribution in [0.5, 0.6) is 0 Å². The van der Waals surface area contributed by atoms with E-state index in [0.717, 1.165) is 16.7 Å². The molecular formula is C22H21Cl2N3O3. The van der Waals surface area contributed by atoms with Crippen molar-refractivity contribution in [3.63, 3.8) is 0 Å². The van der Waals surface area contributed by atoms with Crippen LogP contribution in [0.3, 0.4) is 0 Å². The third kappa shape index (κ3) is 4.83. The lowest BCUT2D eigenvalue weighted by atomic mass is 10.1. The Bertz CT molecular complexity index is 1110. The Hall–Kier alpha value is -2.83. The van der Waals surface area contributed by atoms with Crippen LogP contribution >= 0.6 is 23.2 Å². The fraction of sp³-hybridized carbons (Fsp3) is 0.227. The van der Waals surface area contributed by atoms with Gasteiger partial charge in [0.2, 0.25) is 0 Å². The number of aromatic nitrogens is 2. The van der Waals surface area contributed by atoms with Crippen molar-refractivity contribution in [2.75, 3.05) is 11.9 Å². The van der Waals surface area contributed by atoms with Crippen LogP contribution in [-0.4, -0.2) is 28.3 Å². The molecule has 3 aromatic rings. The van der Waals surface area contributed by atoms with Crippen molar-refractivity contribution in [2.45, 2.75) is 27.3 Å². The van der Waals surface area contributed by atoms with Gasteiger partial charge in [-0.05, 0) is 49.6 Å². The number of nitrogens with one attached hydrogen (secondary N) is 1. The normalized spacial score (nSPS) is 10.7. The summed E-state index contributed by atoms with van der Waals surface area (Å²) in [5, 5.41) is 7.76. The molecule has 0 saturated carbocycles. The molecule has 0 bridgehead atoms. The van der Waals surface area contributed by atoms with Crippen LogP contribution in [0.1, 0.15) is 32.7 Å². The molecule has 2 aromatic carbocycles. The van der Waals surface area contributed by atoms with Gasteiger partial charge >= 0.3 is 5.97 Å². The highest BCUT2D eigenvalue weighted by molar-refractivity contribution is 6.33. The number of ether oxygens (including phenoxy) is 1. The predicted octanol–water partition coefficient (Wildman–Crippen LogP) is 4.96. The summed E-state index contributed by atoms with van der Waals surface area (Å²) in [6, 6.07) is 12.9. The number of hydrogen-bond acceptors (Lipinski definition) is 4. The summed E-state index contributed by atoms with van der Waals surface area (Å²) in [5.41, 5.74) is 4.04. The molecule has 0 saturated heterocycles. The number of hydrogen-bond donors (Lipinski definition) is 1. The summed E-state index contributed by atoms with van der Waals surface area (Å²) in [7, 11) is 0. The number of amides is 1. The lowest BCUT2D eigenvalue weighted by Gasteiger charge is -2.10. The van der Waals surface area contributed by atoms with Gasteiger partial charge < -0.3 is 10.1 Å². The predicted molar refractivity (Wildman–Crippen MR) is 117 cm³/mol. The van der Waals surface area contributed by atoms with E-state index in [1.54, 1.807) is 19.1 Å². The minimum atomic E-state index is -0.709. The summed E-state index contributed by atoms with van der Waals surface area (Å²) in [6.07, 6.45) is 0. The highest BCUT2D eigenvalue weighted by atomic mass is 35.5. The maximum absolute atomic E-state index is 12.5. The molecule has 0 aliphatic rings. The van der Waals surface area contributed by atoms with Crippen LogP contribution in [-0.2, 0) is 16.1 Å². The highest BCUT2D eigenvalue weighted by Crippen LogP contribution is 2.24. The minimum absolute atomic E-state index is 0.128. The fourth-order valence-electron chi connectivity index (χ4n) is 2.95. The number of aryl methyl sites for hydroxylation is 2. The molecule has 0 aliphatic carbocycles. The summed E-state index contributed by atoms with van der Waals surface area (Å²) in [4.78, 5) is 24.7. The Morgan fingerprint density at radius 2 is 1.80 bits per heavy atom. The second kappa shape index (κ2) is 9.32. The molecular weight excluding hydrogens is 425 g/mol. The van der Waals surface area contributed by atoms with Gasteiger partial charge in [0.15, 0.2) is 6.61 Å². The molecule has 0 aliphatic heterocycles. The van der Waals surface area contributed by atoms with Gasteiger partial charge in [0.25, 0.3) is 5.91 Å². The van der Waals surface area contributed by atoms with Crippen LogP contribution in [0.2, 0.25) is 10.2 Å². The van der Waals surface area contributed by atoms with Gasteiger partial charge in [-0.2, -0.15) is 5.10 Å². The molecule has 0 spiro atoms. The van der Waals surface area contributed by atoms with Crippen LogP contribution in [0.15, 0.2) is 42.5 Å². The zero-order valence-electron chi connectivity index (χ0n) is 16.8. The van der Waals surface area contributed by atoms with Gasteiger partial charge in [-0.15, -0.1) is 0 Å². The molecule has 8 heteroatoms. The maximum Gasteiger partial charge on any atom is 0.343 e. The first-order valence-electron chi connectivity index (χ1n) is 9.27. The average Bonchev–Trinajstić information content (AvgIpc) is 2.98. The smallest absolute Gasteiger partial charge is 0.343 e. The van der Waals surface area contributed by atoms with Crippen LogP contribution in [0.25, 0.3) is 0 Å². The van der Waals surface area contributed by atoms with E-state index in [1.807, 2.05) is 44.2 Å². The highest BCUT2D eigenvalue weighted by Gasteiger charge is 2.23. The van der Waals surface area contributed by atoms with E-state index in [4.69, 9.17) is 27.9 Å². The van der Waals surface area contributed by atoms with Gasteiger partial charge in [-0.25, -0.2) is 9.48 Å². The molecule has 3 rings (SSSR count). The monoisotopic (exact) mass is 445 g/mol. The topological polar surface area (TPSA) is 73.2 Å². The lowest BCUT2D eigenvalue weighted by molar-refractivity contribution is -0.119. The number of benzene rings is 2. The third-order valence-electron chi connectivity index (χ3n) is 4.76. The van der Waals surface area contributed by atoms with Gasteiger partial charge in [0, 0.05) is 10.7 Å². The van der Waals surface area contributed by atoms with Crippen LogP contribution in [0, 0.1) is 20.8 Å². The second-order valence-electron chi connectivity index (χ2n) is 6.87. The average molecular weight is 446 g/mol. The van der Waals surface area contributed by atoms with Crippen molar-refractivity contribution in [3.8, 4) is 0 Å². The number of carbonyl (C=O) groups is 2. The Kier molecular flexibility index (Phi) is 6.80. The number of halogens is 2. The van der Waals surface area contributed by atoms with Gasteiger partial charge in [-0.3, -0.25) is 4.79 Å². The number of esters is 1. The Balaban J connectivity index is 1.67. The summed E-state index contributed by atoms with van der Waals surface area (Å²) in [5.74, 6) is -1.15. The Labute approximate surface area is 184 Å². The zero-order valence-corrected chi connectivity index (χ0v) is 18.3. The van der Waals surface area contributed by atoms with Crippen LogP contribution < -0.4 is 5.32 Å². The first-order valence-corrected chi connectivity index (χ1v) is 10.0. The third-order valence-corrected chi connectivity index (χ3v) is 5.51. The number of anilines is 1. The molecule has 0 radical (unpaired) electrons. The van der Waals surface area contributed by atoms with Gasteiger partial charge in [0.05, 0.1) is 12.2 Å². The zero-order chi connectivity index (χ0) is 21.8. The van der Waals surface area contributed by atoms with Crippen molar-refractivity contribution in [1.82, 2.24) is 9.78 Å². The fourth-order valence-corrected chi connectivity index (χ4v) is 3.46. The van der Waals surface area contributed by atoms with Crippen molar-refractivity contribution in [1.29, 1.82) is 0 Å². The molecule has 1 N–H and O–H groups in total. The number of nitrogens with zero attached hydrogens (tertiary/aromatic N) is 2. The first-order chi connectivity index (χ1) is 14.3. The number of rotatable bonds is 6. The van der Waals surface area contributed by atoms with Gasteiger partial charge in [0.1, 0.15) is 10.7 Å². The first kappa shape index (κ1) is 21.9. The van der Waals surface area contributed by atoms with E-state index in [2.05, 4.69) is 10.4 Å². The SMILES string of the molecule is Cc1cccc(NC(=O)COC(=O)c2c(C)nn(Cc3ccccc3Cl)c2Cl)c1C. The quantitative estimate of drug-likeness (QED) is 0.544. The van der Waals surface area contributed by atoms with E-state index in [1.165, 1.54) is 4.68 Å². The van der Waals surface area contributed by atoms with E-state index in [0.29, 0.717) is 22.9 Å². The largest absolute Gasteiger partial charge is 0.452 e.